The fourth-order valence-corrected chi connectivity index (χ4v) is 3.13. The van der Waals surface area contributed by atoms with Crippen molar-refractivity contribution in [2.45, 2.75) is 31.7 Å². The second-order valence-corrected chi connectivity index (χ2v) is 5.26. The summed E-state index contributed by atoms with van der Waals surface area (Å²) in [5.74, 6) is 1.57. The van der Waals surface area contributed by atoms with Crippen LogP contribution < -0.4 is 4.74 Å². The molecular formula is C14H20ClNO2. The number of likely N-dealkylation sites (tertiary alicyclic amines) is 1. The number of benzene rings is 1. The lowest BCUT2D eigenvalue weighted by molar-refractivity contribution is 0.0848. The summed E-state index contributed by atoms with van der Waals surface area (Å²) in [5, 5.41) is 10.1. The van der Waals surface area contributed by atoms with E-state index < -0.39 is 0 Å². The van der Waals surface area contributed by atoms with Crippen LogP contribution in [0.15, 0.2) is 12.1 Å². The molecule has 0 radical (unpaired) electrons. The molecule has 3 rings (SSSR count). The zero-order chi connectivity index (χ0) is 12.0. The van der Waals surface area contributed by atoms with Gasteiger partial charge in [-0.05, 0) is 38.9 Å². The second kappa shape index (κ2) is 4.98. The summed E-state index contributed by atoms with van der Waals surface area (Å²) < 4.78 is 5.78. The Bertz CT molecular complexity index is 450. The number of piperidine rings is 1. The molecule has 18 heavy (non-hydrogen) atoms. The Morgan fingerprint density at radius 1 is 1.39 bits per heavy atom. The summed E-state index contributed by atoms with van der Waals surface area (Å²) in [7, 11) is 2.17. The molecule has 0 saturated carbocycles. The van der Waals surface area contributed by atoms with Gasteiger partial charge in [-0.3, -0.25) is 4.90 Å². The number of fused-ring (bicyclic) bond motifs is 3. The van der Waals surface area contributed by atoms with Gasteiger partial charge in [-0.1, -0.05) is 12.1 Å². The normalized spacial score (nSPS) is 26.6. The number of aromatic hydroxyl groups is 1. The Kier molecular flexibility index (Phi) is 3.74. The van der Waals surface area contributed by atoms with Crippen molar-refractivity contribution in [2.75, 3.05) is 20.2 Å². The predicted octanol–water partition coefficient (Wildman–Crippen LogP) is 2.69. The van der Waals surface area contributed by atoms with Crippen LogP contribution in [0, 0.1) is 6.92 Å². The van der Waals surface area contributed by atoms with Crippen molar-refractivity contribution < 1.29 is 9.84 Å². The summed E-state index contributed by atoms with van der Waals surface area (Å²) in [6.45, 7) is 3.76. The fraction of sp³-hybridized carbons (Fsp3) is 0.571. The number of aryl methyl sites for hydroxylation is 1. The number of rotatable bonds is 0. The summed E-state index contributed by atoms with van der Waals surface area (Å²) in [6, 6.07) is 4.59. The zero-order valence-corrected chi connectivity index (χ0v) is 11.7. The highest BCUT2D eigenvalue weighted by atomic mass is 35.5. The van der Waals surface area contributed by atoms with Crippen LogP contribution in [-0.4, -0.2) is 36.2 Å². The Morgan fingerprint density at radius 2 is 2.17 bits per heavy atom. The fourth-order valence-electron chi connectivity index (χ4n) is 3.13. The molecule has 1 fully saturated rings. The first kappa shape index (κ1) is 13.5. The molecule has 4 heteroatoms. The van der Waals surface area contributed by atoms with Crippen LogP contribution in [0.5, 0.6) is 11.5 Å². The van der Waals surface area contributed by atoms with Gasteiger partial charge in [0.05, 0.1) is 6.04 Å². The van der Waals surface area contributed by atoms with E-state index in [1.165, 1.54) is 18.4 Å². The second-order valence-electron chi connectivity index (χ2n) is 5.26. The highest BCUT2D eigenvalue weighted by Gasteiger charge is 2.37. The van der Waals surface area contributed by atoms with Crippen LogP contribution >= 0.6 is 12.4 Å². The van der Waals surface area contributed by atoms with Crippen LogP contribution in [0.1, 0.15) is 29.9 Å². The molecule has 0 bridgehead atoms. The molecule has 0 unspecified atom stereocenters. The molecule has 0 aliphatic carbocycles. The van der Waals surface area contributed by atoms with Crippen molar-refractivity contribution >= 4 is 12.4 Å². The van der Waals surface area contributed by atoms with E-state index in [-0.39, 0.29) is 12.4 Å². The monoisotopic (exact) mass is 269 g/mol. The highest BCUT2D eigenvalue weighted by Crippen LogP contribution is 2.45. The number of hydrogen-bond acceptors (Lipinski definition) is 3. The van der Waals surface area contributed by atoms with Gasteiger partial charge < -0.3 is 9.84 Å². The number of phenolic OH excluding ortho intramolecular Hbond substituents is 1. The van der Waals surface area contributed by atoms with E-state index in [4.69, 9.17) is 4.74 Å². The molecule has 3 nitrogen and oxygen atoms in total. The van der Waals surface area contributed by atoms with Gasteiger partial charge in [0.25, 0.3) is 0 Å². The zero-order valence-electron chi connectivity index (χ0n) is 10.8. The molecule has 2 aliphatic rings. The third-order valence-electron chi connectivity index (χ3n) is 4.22. The molecule has 1 saturated heterocycles. The van der Waals surface area contributed by atoms with E-state index in [0.717, 1.165) is 17.9 Å². The lowest BCUT2D eigenvalue weighted by atomic mass is 9.81. The van der Waals surface area contributed by atoms with Gasteiger partial charge in [0.15, 0.2) is 11.5 Å². The summed E-state index contributed by atoms with van der Waals surface area (Å²) in [4.78, 5) is 2.38. The van der Waals surface area contributed by atoms with Gasteiger partial charge in [0.1, 0.15) is 6.61 Å². The third-order valence-corrected chi connectivity index (χ3v) is 4.22. The molecule has 1 N–H and O–H groups in total. The Morgan fingerprint density at radius 3 is 2.94 bits per heavy atom. The average Bonchev–Trinajstić information content (AvgIpc) is 2.34. The quantitative estimate of drug-likeness (QED) is 0.786. The van der Waals surface area contributed by atoms with E-state index in [9.17, 15) is 5.11 Å². The van der Waals surface area contributed by atoms with Gasteiger partial charge in [0.2, 0.25) is 0 Å². The standard InChI is InChI=1S/C14H19NO2.ClH/c1-9-5-6-11-10-4-3-7-15(2)12(10)8-17-14(11)13(9)16;/h5-6,10,12,16H,3-4,7-8H2,1-2H3;1H/t10-,12-;/m0./s1. The summed E-state index contributed by atoms with van der Waals surface area (Å²) >= 11 is 0. The van der Waals surface area contributed by atoms with Crippen molar-refractivity contribution in [3.63, 3.8) is 0 Å². The molecular weight excluding hydrogens is 250 g/mol. The Labute approximate surface area is 114 Å². The number of hydrogen-bond donors (Lipinski definition) is 1. The van der Waals surface area contributed by atoms with E-state index in [1.54, 1.807) is 0 Å². The van der Waals surface area contributed by atoms with Crippen molar-refractivity contribution in [3.8, 4) is 11.5 Å². The first-order chi connectivity index (χ1) is 8.18. The van der Waals surface area contributed by atoms with Gasteiger partial charge in [0, 0.05) is 11.5 Å². The van der Waals surface area contributed by atoms with Crippen LogP contribution in [0.25, 0.3) is 0 Å². The summed E-state index contributed by atoms with van der Waals surface area (Å²) in [5.41, 5.74) is 2.09. The van der Waals surface area contributed by atoms with E-state index in [2.05, 4.69) is 18.0 Å². The molecule has 0 aromatic heterocycles. The lowest BCUT2D eigenvalue weighted by Gasteiger charge is -2.42. The smallest absolute Gasteiger partial charge is 0.164 e. The minimum absolute atomic E-state index is 0. The van der Waals surface area contributed by atoms with Crippen molar-refractivity contribution in [3.05, 3.63) is 23.3 Å². The van der Waals surface area contributed by atoms with Crippen molar-refractivity contribution in [1.82, 2.24) is 4.90 Å². The van der Waals surface area contributed by atoms with E-state index in [0.29, 0.717) is 24.3 Å². The molecule has 2 heterocycles. The minimum Gasteiger partial charge on any atom is -0.504 e. The van der Waals surface area contributed by atoms with Crippen molar-refractivity contribution in [2.24, 2.45) is 0 Å². The maximum absolute atomic E-state index is 10.1. The van der Waals surface area contributed by atoms with Crippen LogP contribution in [0.3, 0.4) is 0 Å². The lowest BCUT2D eigenvalue weighted by Crippen LogP contribution is -2.47. The highest BCUT2D eigenvalue weighted by molar-refractivity contribution is 5.85. The average molecular weight is 270 g/mol. The summed E-state index contributed by atoms with van der Waals surface area (Å²) in [6.07, 6.45) is 2.43. The van der Waals surface area contributed by atoms with Crippen LogP contribution in [-0.2, 0) is 0 Å². The minimum atomic E-state index is 0. The molecule has 2 atom stereocenters. The number of nitrogens with zero attached hydrogens (tertiary/aromatic N) is 1. The number of ether oxygens (including phenoxy) is 1. The maximum Gasteiger partial charge on any atom is 0.164 e. The topological polar surface area (TPSA) is 32.7 Å². The SMILES string of the molecule is Cc1ccc2c(c1O)OC[C@H]1[C@H]2CCCN1C.Cl. The molecule has 2 aliphatic heterocycles. The molecule has 100 valence electrons. The van der Waals surface area contributed by atoms with E-state index >= 15 is 0 Å². The first-order valence-electron chi connectivity index (χ1n) is 6.34. The number of halogens is 1. The molecule has 0 amide bonds. The van der Waals surface area contributed by atoms with Crippen LogP contribution in [0.2, 0.25) is 0 Å². The van der Waals surface area contributed by atoms with Gasteiger partial charge >= 0.3 is 0 Å². The van der Waals surface area contributed by atoms with Gasteiger partial charge in [-0.15, -0.1) is 12.4 Å². The molecule has 0 spiro atoms. The molecule has 1 aromatic rings. The first-order valence-corrected chi connectivity index (χ1v) is 6.34. The Balaban J connectivity index is 0.00000120. The largest absolute Gasteiger partial charge is 0.504 e. The predicted molar refractivity (Wildman–Crippen MR) is 74.0 cm³/mol. The van der Waals surface area contributed by atoms with Crippen molar-refractivity contribution in [1.29, 1.82) is 0 Å². The number of phenols is 1. The number of likely N-dealkylation sites (N-methyl/N-ethyl adjacent to an activating group) is 1. The third kappa shape index (κ3) is 1.95. The maximum atomic E-state index is 10.1. The van der Waals surface area contributed by atoms with E-state index in [1.807, 2.05) is 13.0 Å². The van der Waals surface area contributed by atoms with Crippen LogP contribution in [0.4, 0.5) is 0 Å². The van der Waals surface area contributed by atoms with Gasteiger partial charge in [-0.2, -0.15) is 0 Å². The Hall–Kier alpha value is -0.930. The van der Waals surface area contributed by atoms with Gasteiger partial charge in [-0.25, -0.2) is 0 Å². The molecule has 1 aromatic carbocycles.